The lowest BCUT2D eigenvalue weighted by molar-refractivity contribution is 0.487. The summed E-state index contributed by atoms with van der Waals surface area (Å²) in [4.78, 5) is 0. The first-order valence-electron chi connectivity index (χ1n) is 5.86. The second-order valence-electron chi connectivity index (χ2n) is 3.91. The van der Waals surface area contributed by atoms with E-state index < -0.39 is 0 Å². The van der Waals surface area contributed by atoms with Crippen molar-refractivity contribution in [3.63, 3.8) is 0 Å². The molecule has 0 bridgehead atoms. The van der Waals surface area contributed by atoms with Crippen LogP contribution in [0.2, 0.25) is 0 Å². The van der Waals surface area contributed by atoms with Gasteiger partial charge in [-0.3, -0.25) is 0 Å². The second kappa shape index (κ2) is 8.25. The third-order valence-electron chi connectivity index (χ3n) is 2.53. The number of hydrogen-bond acceptors (Lipinski definition) is 2. The lowest BCUT2D eigenvalue weighted by Gasteiger charge is -2.17. The van der Waals surface area contributed by atoms with Crippen LogP contribution in [0.25, 0.3) is 0 Å². The summed E-state index contributed by atoms with van der Waals surface area (Å²) in [5.74, 6) is 0. The first-order chi connectivity index (χ1) is 7.77. The van der Waals surface area contributed by atoms with Crippen LogP contribution in [0.3, 0.4) is 0 Å². The SMILES string of the molecule is C=CCCCC(NCCC)c1csc(I)c1. The summed E-state index contributed by atoms with van der Waals surface area (Å²) in [7, 11) is 0. The minimum atomic E-state index is 0.527. The Labute approximate surface area is 116 Å². The number of hydrogen-bond donors (Lipinski definition) is 1. The van der Waals surface area contributed by atoms with Crippen molar-refractivity contribution in [2.24, 2.45) is 0 Å². The molecule has 16 heavy (non-hydrogen) atoms. The molecular formula is C13H20INS. The Hall–Kier alpha value is 0.130. The van der Waals surface area contributed by atoms with Gasteiger partial charge in [-0.05, 0) is 71.8 Å². The summed E-state index contributed by atoms with van der Waals surface area (Å²) in [6.07, 6.45) is 6.75. The van der Waals surface area contributed by atoms with E-state index in [1.807, 2.05) is 17.4 Å². The van der Waals surface area contributed by atoms with Gasteiger partial charge in [0.1, 0.15) is 0 Å². The van der Waals surface area contributed by atoms with E-state index in [4.69, 9.17) is 0 Å². The zero-order valence-corrected chi connectivity index (χ0v) is 12.8. The standard InChI is InChI=1S/C13H20INS/c1-3-5-6-7-12(15-8-4-2)11-9-13(14)16-10-11/h3,9-10,12,15H,1,4-8H2,2H3. The molecule has 1 atom stereocenters. The molecule has 1 N–H and O–H groups in total. The predicted octanol–water partition coefficient (Wildman–Crippen LogP) is 4.75. The largest absolute Gasteiger partial charge is 0.310 e. The highest BCUT2D eigenvalue weighted by Crippen LogP contribution is 2.25. The Bertz CT molecular complexity index is 309. The Morgan fingerprint density at radius 2 is 2.44 bits per heavy atom. The zero-order chi connectivity index (χ0) is 11.8. The maximum atomic E-state index is 3.78. The lowest BCUT2D eigenvalue weighted by atomic mass is 10.0. The maximum Gasteiger partial charge on any atom is 0.0656 e. The Morgan fingerprint density at radius 1 is 1.62 bits per heavy atom. The van der Waals surface area contributed by atoms with Gasteiger partial charge in [-0.15, -0.1) is 17.9 Å². The van der Waals surface area contributed by atoms with Gasteiger partial charge in [0.25, 0.3) is 0 Å². The van der Waals surface area contributed by atoms with Crippen LogP contribution < -0.4 is 5.32 Å². The van der Waals surface area contributed by atoms with E-state index in [9.17, 15) is 0 Å². The van der Waals surface area contributed by atoms with E-state index in [1.54, 1.807) is 0 Å². The molecule has 1 aromatic heterocycles. The van der Waals surface area contributed by atoms with Crippen LogP contribution in [-0.2, 0) is 0 Å². The number of halogens is 1. The minimum absolute atomic E-state index is 0.527. The van der Waals surface area contributed by atoms with E-state index in [1.165, 1.54) is 27.7 Å². The van der Waals surface area contributed by atoms with Gasteiger partial charge in [0, 0.05) is 6.04 Å². The van der Waals surface area contributed by atoms with Gasteiger partial charge in [0.2, 0.25) is 0 Å². The normalized spacial score (nSPS) is 12.6. The number of allylic oxidation sites excluding steroid dienone is 1. The topological polar surface area (TPSA) is 12.0 Å². The molecular weight excluding hydrogens is 329 g/mol. The molecule has 3 heteroatoms. The summed E-state index contributed by atoms with van der Waals surface area (Å²) in [6, 6.07) is 2.83. The molecule has 0 aliphatic heterocycles. The van der Waals surface area contributed by atoms with Crippen LogP contribution >= 0.6 is 33.9 Å². The molecule has 0 aliphatic rings. The van der Waals surface area contributed by atoms with Crippen molar-refractivity contribution in [2.45, 2.75) is 38.6 Å². The van der Waals surface area contributed by atoms with Gasteiger partial charge in [-0.2, -0.15) is 0 Å². The third kappa shape index (κ3) is 4.97. The zero-order valence-electron chi connectivity index (χ0n) is 9.84. The van der Waals surface area contributed by atoms with Crippen molar-refractivity contribution in [3.05, 3.63) is 32.5 Å². The summed E-state index contributed by atoms with van der Waals surface area (Å²) in [5, 5.41) is 5.91. The quantitative estimate of drug-likeness (QED) is 0.406. The average Bonchev–Trinajstić information content (AvgIpc) is 2.70. The predicted molar refractivity (Wildman–Crippen MR) is 82.1 cm³/mol. The van der Waals surface area contributed by atoms with Gasteiger partial charge in [-0.1, -0.05) is 13.0 Å². The first kappa shape index (κ1) is 14.2. The Balaban J connectivity index is 2.52. The molecule has 0 spiro atoms. The summed E-state index contributed by atoms with van der Waals surface area (Å²) in [6.45, 7) is 7.09. The minimum Gasteiger partial charge on any atom is -0.310 e. The molecule has 1 aromatic rings. The monoisotopic (exact) mass is 349 g/mol. The fourth-order valence-electron chi connectivity index (χ4n) is 1.68. The van der Waals surface area contributed by atoms with Crippen LogP contribution in [0.15, 0.2) is 24.1 Å². The summed E-state index contributed by atoms with van der Waals surface area (Å²) < 4.78 is 1.37. The molecule has 0 saturated heterocycles. The smallest absolute Gasteiger partial charge is 0.0656 e. The maximum absolute atomic E-state index is 3.78. The highest BCUT2D eigenvalue weighted by Gasteiger charge is 2.11. The van der Waals surface area contributed by atoms with E-state index in [-0.39, 0.29) is 0 Å². The third-order valence-corrected chi connectivity index (χ3v) is 4.34. The van der Waals surface area contributed by atoms with Crippen LogP contribution in [-0.4, -0.2) is 6.54 Å². The molecule has 0 radical (unpaired) electrons. The van der Waals surface area contributed by atoms with E-state index >= 15 is 0 Å². The van der Waals surface area contributed by atoms with Crippen LogP contribution in [0.5, 0.6) is 0 Å². The van der Waals surface area contributed by atoms with Gasteiger partial charge < -0.3 is 5.32 Å². The molecule has 1 nitrogen and oxygen atoms in total. The Morgan fingerprint density at radius 3 is 3.00 bits per heavy atom. The first-order valence-corrected chi connectivity index (χ1v) is 7.82. The van der Waals surface area contributed by atoms with Crippen molar-refractivity contribution < 1.29 is 0 Å². The fourth-order valence-corrected chi connectivity index (χ4v) is 3.10. The highest BCUT2D eigenvalue weighted by atomic mass is 127. The molecule has 1 unspecified atom stereocenters. The molecule has 1 rings (SSSR count). The van der Waals surface area contributed by atoms with Gasteiger partial charge in [-0.25, -0.2) is 0 Å². The van der Waals surface area contributed by atoms with Crippen molar-refractivity contribution in [1.29, 1.82) is 0 Å². The van der Waals surface area contributed by atoms with E-state index in [2.05, 4.69) is 52.9 Å². The van der Waals surface area contributed by atoms with Crippen LogP contribution in [0.1, 0.15) is 44.2 Å². The molecule has 0 saturated carbocycles. The molecule has 0 amide bonds. The van der Waals surface area contributed by atoms with E-state index in [0.717, 1.165) is 13.0 Å². The van der Waals surface area contributed by atoms with Gasteiger partial charge in [0.05, 0.1) is 2.88 Å². The lowest BCUT2D eigenvalue weighted by Crippen LogP contribution is -2.21. The second-order valence-corrected chi connectivity index (χ2v) is 6.72. The molecule has 0 fully saturated rings. The van der Waals surface area contributed by atoms with Gasteiger partial charge >= 0.3 is 0 Å². The van der Waals surface area contributed by atoms with Gasteiger partial charge in [0.15, 0.2) is 0 Å². The molecule has 0 aromatic carbocycles. The average molecular weight is 349 g/mol. The van der Waals surface area contributed by atoms with E-state index in [0.29, 0.717) is 6.04 Å². The Kier molecular flexibility index (Phi) is 7.32. The van der Waals surface area contributed by atoms with Crippen LogP contribution in [0.4, 0.5) is 0 Å². The summed E-state index contributed by atoms with van der Waals surface area (Å²) in [5.41, 5.74) is 1.45. The number of rotatable bonds is 8. The molecule has 1 heterocycles. The fraction of sp³-hybridized carbons (Fsp3) is 0.538. The van der Waals surface area contributed by atoms with Crippen molar-refractivity contribution >= 4 is 33.9 Å². The van der Waals surface area contributed by atoms with Crippen LogP contribution in [0, 0.1) is 2.88 Å². The van der Waals surface area contributed by atoms with Crippen molar-refractivity contribution in [1.82, 2.24) is 5.32 Å². The number of thiophene rings is 1. The molecule has 0 aliphatic carbocycles. The van der Waals surface area contributed by atoms with Crippen molar-refractivity contribution in [3.8, 4) is 0 Å². The van der Waals surface area contributed by atoms with Crippen molar-refractivity contribution in [2.75, 3.05) is 6.54 Å². The summed E-state index contributed by atoms with van der Waals surface area (Å²) >= 11 is 4.22. The number of unbranched alkanes of at least 4 members (excludes halogenated alkanes) is 1. The molecule has 90 valence electrons. The highest BCUT2D eigenvalue weighted by molar-refractivity contribution is 14.1. The number of nitrogens with one attached hydrogen (secondary N) is 1.